The molecule has 1 amide bonds. The molecule has 1 fully saturated rings. The summed E-state index contributed by atoms with van der Waals surface area (Å²) in [5.74, 6) is 0.136. The van der Waals surface area contributed by atoms with Crippen LogP contribution in [0, 0.1) is 16.0 Å². The van der Waals surface area contributed by atoms with Gasteiger partial charge in [0, 0.05) is 25.2 Å². The molecule has 1 heterocycles. The van der Waals surface area contributed by atoms with E-state index in [2.05, 4.69) is 12.1 Å². The summed E-state index contributed by atoms with van der Waals surface area (Å²) in [7, 11) is -4.12. The zero-order chi connectivity index (χ0) is 24.8. The maximum absolute atomic E-state index is 13.5. The summed E-state index contributed by atoms with van der Waals surface area (Å²) in [5, 5.41) is 11.3. The molecule has 0 radical (unpaired) electrons. The summed E-state index contributed by atoms with van der Waals surface area (Å²) in [4.78, 5) is 25.6. The summed E-state index contributed by atoms with van der Waals surface area (Å²) < 4.78 is 27.9. The fourth-order valence-corrected chi connectivity index (χ4v) is 5.78. The van der Waals surface area contributed by atoms with Gasteiger partial charge in [0.1, 0.15) is 6.54 Å². The van der Waals surface area contributed by atoms with E-state index >= 15 is 0 Å². The van der Waals surface area contributed by atoms with Gasteiger partial charge in [0.05, 0.1) is 15.5 Å². The van der Waals surface area contributed by atoms with Gasteiger partial charge in [0.2, 0.25) is 5.91 Å². The monoisotopic (exact) mass is 493 g/mol. The van der Waals surface area contributed by atoms with Crippen molar-refractivity contribution in [1.29, 1.82) is 0 Å². The predicted molar refractivity (Wildman–Crippen MR) is 134 cm³/mol. The number of hydrogen-bond acceptors (Lipinski definition) is 5. The average Bonchev–Trinajstić information content (AvgIpc) is 2.88. The fraction of sp³-hybridized carbons (Fsp3) is 0.269. The molecular weight excluding hydrogens is 466 g/mol. The Morgan fingerprint density at radius 1 is 0.943 bits per heavy atom. The lowest BCUT2D eigenvalue weighted by Crippen LogP contribution is -2.46. The first kappa shape index (κ1) is 24.4. The SMILES string of the molecule is O=C(CN(c1cccc([N+](=O)[O-])c1)S(=O)(=O)c1ccccc1)N1CCC(Cc2ccccc2)CC1. The zero-order valence-electron chi connectivity index (χ0n) is 19.2. The average molecular weight is 494 g/mol. The number of hydrogen-bond donors (Lipinski definition) is 0. The smallest absolute Gasteiger partial charge is 0.271 e. The first-order valence-corrected chi connectivity index (χ1v) is 12.9. The Bertz CT molecular complexity index is 1270. The molecule has 9 heteroatoms. The van der Waals surface area contributed by atoms with Gasteiger partial charge in [-0.3, -0.25) is 19.2 Å². The van der Waals surface area contributed by atoms with Crippen molar-refractivity contribution in [3.05, 3.63) is 101 Å². The standard InChI is InChI=1S/C26H27N3O5S/c30-26(27-16-14-22(15-17-27)18-21-8-3-1-4-9-21)20-28(23-10-7-11-24(19-23)29(31)32)35(33,34)25-12-5-2-6-13-25/h1-13,19,22H,14-18,20H2. The van der Waals surface area contributed by atoms with Gasteiger partial charge in [-0.25, -0.2) is 8.42 Å². The highest BCUT2D eigenvalue weighted by atomic mass is 32.2. The van der Waals surface area contributed by atoms with E-state index in [-0.39, 0.29) is 22.2 Å². The second kappa shape index (κ2) is 10.7. The minimum absolute atomic E-state index is 0.0147. The molecule has 3 aromatic carbocycles. The highest BCUT2D eigenvalue weighted by molar-refractivity contribution is 7.92. The maximum atomic E-state index is 13.5. The van der Waals surface area contributed by atoms with Crippen LogP contribution in [0.4, 0.5) is 11.4 Å². The molecule has 8 nitrogen and oxygen atoms in total. The summed E-state index contributed by atoms with van der Waals surface area (Å²) in [5.41, 5.74) is 1.10. The minimum Gasteiger partial charge on any atom is -0.341 e. The first-order valence-electron chi connectivity index (χ1n) is 11.5. The normalized spacial score (nSPS) is 14.5. The quantitative estimate of drug-likeness (QED) is 0.345. The van der Waals surface area contributed by atoms with Gasteiger partial charge in [-0.15, -0.1) is 0 Å². The molecule has 182 valence electrons. The summed E-state index contributed by atoms with van der Waals surface area (Å²) in [6.07, 6.45) is 2.62. The van der Waals surface area contributed by atoms with Crippen molar-refractivity contribution in [1.82, 2.24) is 4.90 Å². The maximum Gasteiger partial charge on any atom is 0.271 e. The van der Waals surface area contributed by atoms with Crippen LogP contribution >= 0.6 is 0 Å². The van der Waals surface area contributed by atoms with Gasteiger partial charge in [-0.1, -0.05) is 54.6 Å². The van der Waals surface area contributed by atoms with Crippen LogP contribution in [0.2, 0.25) is 0 Å². The van der Waals surface area contributed by atoms with Crippen molar-refractivity contribution in [2.45, 2.75) is 24.2 Å². The summed E-state index contributed by atoms with van der Waals surface area (Å²) >= 11 is 0. The molecule has 0 atom stereocenters. The molecule has 35 heavy (non-hydrogen) atoms. The van der Waals surface area contributed by atoms with Crippen molar-refractivity contribution in [2.24, 2.45) is 5.92 Å². The third kappa shape index (κ3) is 5.86. The van der Waals surface area contributed by atoms with Gasteiger partial charge in [0.15, 0.2) is 0 Å². The van der Waals surface area contributed by atoms with Crippen LogP contribution in [0.15, 0.2) is 89.8 Å². The molecule has 0 spiro atoms. The van der Waals surface area contributed by atoms with Crippen LogP contribution in [-0.4, -0.2) is 43.8 Å². The molecule has 0 unspecified atom stereocenters. The number of piperidine rings is 1. The number of carbonyl (C=O) groups is 1. The molecule has 3 aromatic rings. The Morgan fingerprint density at radius 3 is 2.20 bits per heavy atom. The largest absolute Gasteiger partial charge is 0.341 e. The van der Waals surface area contributed by atoms with Gasteiger partial charge >= 0.3 is 0 Å². The van der Waals surface area contributed by atoms with Crippen LogP contribution in [0.25, 0.3) is 0 Å². The Balaban J connectivity index is 1.52. The number of benzene rings is 3. The Kier molecular flexibility index (Phi) is 7.45. The number of non-ortho nitro benzene ring substituents is 1. The lowest BCUT2D eigenvalue weighted by Gasteiger charge is -2.34. The third-order valence-corrected chi connectivity index (χ3v) is 8.06. The van der Waals surface area contributed by atoms with Crippen molar-refractivity contribution >= 4 is 27.3 Å². The third-order valence-electron chi connectivity index (χ3n) is 6.27. The van der Waals surface area contributed by atoms with Crippen LogP contribution < -0.4 is 4.31 Å². The van der Waals surface area contributed by atoms with Gasteiger partial charge in [-0.2, -0.15) is 0 Å². The van der Waals surface area contributed by atoms with Gasteiger partial charge < -0.3 is 4.90 Å². The number of amides is 1. The number of nitro groups is 1. The molecule has 0 N–H and O–H groups in total. The minimum atomic E-state index is -4.12. The molecule has 0 aromatic heterocycles. The molecular formula is C26H27N3O5S. The number of nitro benzene ring substituents is 1. The topological polar surface area (TPSA) is 101 Å². The summed E-state index contributed by atoms with van der Waals surface area (Å²) in [6, 6.07) is 23.3. The number of rotatable bonds is 8. The highest BCUT2D eigenvalue weighted by Crippen LogP contribution is 2.28. The van der Waals surface area contributed by atoms with E-state index < -0.39 is 21.5 Å². The van der Waals surface area contributed by atoms with E-state index in [1.165, 1.54) is 42.0 Å². The molecule has 4 rings (SSSR count). The molecule has 1 saturated heterocycles. The van der Waals surface area contributed by atoms with E-state index in [0.29, 0.717) is 19.0 Å². The Labute approximate surface area is 205 Å². The zero-order valence-corrected chi connectivity index (χ0v) is 20.0. The van der Waals surface area contributed by atoms with Crippen LogP contribution in [-0.2, 0) is 21.2 Å². The van der Waals surface area contributed by atoms with E-state index in [1.807, 2.05) is 18.2 Å². The van der Waals surface area contributed by atoms with Gasteiger partial charge in [-0.05, 0) is 48.9 Å². The lowest BCUT2D eigenvalue weighted by molar-refractivity contribution is -0.384. The van der Waals surface area contributed by atoms with Gasteiger partial charge in [0.25, 0.3) is 15.7 Å². The highest BCUT2D eigenvalue weighted by Gasteiger charge is 2.31. The fourth-order valence-electron chi connectivity index (χ4n) is 4.35. The van der Waals surface area contributed by atoms with Crippen molar-refractivity contribution in [2.75, 3.05) is 23.9 Å². The number of sulfonamides is 1. The molecule has 0 saturated carbocycles. The second-order valence-corrected chi connectivity index (χ2v) is 10.5. The second-order valence-electron chi connectivity index (χ2n) is 8.62. The Hall–Kier alpha value is -3.72. The van der Waals surface area contributed by atoms with Crippen molar-refractivity contribution < 1.29 is 18.1 Å². The number of anilines is 1. The van der Waals surface area contributed by atoms with Crippen LogP contribution in [0.3, 0.4) is 0 Å². The van der Waals surface area contributed by atoms with Crippen molar-refractivity contribution in [3.8, 4) is 0 Å². The van der Waals surface area contributed by atoms with E-state index in [9.17, 15) is 23.3 Å². The summed E-state index contributed by atoms with van der Waals surface area (Å²) in [6.45, 7) is 0.663. The van der Waals surface area contributed by atoms with E-state index in [0.717, 1.165) is 23.6 Å². The number of carbonyl (C=O) groups excluding carboxylic acids is 1. The van der Waals surface area contributed by atoms with E-state index in [1.54, 1.807) is 23.1 Å². The molecule has 1 aliphatic rings. The predicted octanol–water partition coefficient (Wildman–Crippen LogP) is 4.27. The lowest BCUT2D eigenvalue weighted by atomic mass is 9.90. The van der Waals surface area contributed by atoms with E-state index in [4.69, 9.17) is 0 Å². The van der Waals surface area contributed by atoms with Crippen LogP contribution in [0.5, 0.6) is 0 Å². The molecule has 0 aliphatic carbocycles. The first-order chi connectivity index (χ1) is 16.8. The number of nitrogens with zero attached hydrogens (tertiary/aromatic N) is 3. The van der Waals surface area contributed by atoms with Crippen molar-refractivity contribution in [3.63, 3.8) is 0 Å². The molecule has 0 bridgehead atoms. The van der Waals surface area contributed by atoms with Crippen LogP contribution in [0.1, 0.15) is 18.4 Å². The Morgan fingerprint density at radius 2 is 1.57 bits per heavy atom. The molecule has 1 aliphatic heterocycles. The number of likely N-dealkylation sites (tertiary alicyclic amines) is 1.